The minimum absolute atomic E-state index is 0.0282. The summed E-state index contributed by atoms with van der Waals surface area (Å²) in [5.41, 5.74) is 4.30. The summed E-state index contributed by atoms with van der Waals surface area (Å²) in [6, 6.07) is 19.6. The number of hydrogen-bond acceptors (Lipinski definition) is 4. The number of anilines is 1. The van der Waals surface area contributed by atoms with Gasteiger partial charge in [0.2, 0.25) is 11.8 Å². The van der Waals surface area contributed by atoms with E-state index in [-0.39, 0.29) is 29.1 Å². The number of amides is 2. The van der Waals surface area contributed by atoms with Gasteiger partial charge in [-0.3, -0.25) is 14.6 Å². The Morgan fingerprint density at radius 3 is 2.48 bits per heavy atom. The molecule has 2 atom stereocenters. The Morgan fingerprint density at radius 2 is 1.79 bits per heavy atom. The molecule has 2 amide bonds. The number of ether oxygens (including phenoxy) is 1. The molecule has 2 aromatic carbocycles. The van der Waals surface area contributed by atoms with Crippen molar-refractivity contribution in [3.05, 3.63) is 89.9 Å². The highest BCUT2D eigenvalue weighted by Crippen LogP contribution is 2.67. The lowest BCUT2D eigenvalue weighted by Crippen LogP contribution is -2.57. The van der Waals surface area contributed by atoms with Crippen molar-refractivity contribution in [3.8, 4) is 5.75 Å². The fourth-order valence-corrected chi connectivity index (χ4v) is 7.35. The lowest BCUT2D eigenvalue weighted by atomic mass is 9.91. The number of H-pyrrole nitrogens is 1. The van der Waals surface area contributed by atoms with Gasteiger partial charge >= 0.3 is 0 Å². The molecule has 0 aliphatic heterocycles. The molecule has 6 rings (SSSR count). The number of aryl methyl sites for hydroxylation is 1. The van der Waals surface area contributed by atoms with E-state index in [2.05, 4.69) is 60.3 Å². The van der Waals surface area contributed by atoms with Gasteiger partial charge in [0.15, 0.2) is 0 Å². The van der Waals surface area contributed by atoms with E-state index in [9.17, 15) is 9.59 Å². The first-order chi connectivity index (χ1) is 20.2. The van der Waals surface area contributed by atoms with E-state index in [0.717, 1.165) is 29.7 Å². The van der Waals surface area contributed by atoms with E-state index in [0.29, 0.717) is 31.5 Å². The fourth-order valence-electron chi connectivity index (χ4n) is 7.35. The quantitative estimate of drug-likeness (QED) is 0.229. The molecule has 7 nitrogen and oxygen atoms in total. The highest BCUT2D eigenvalue weighted by Gasteiger charge is 2.60. The number of fused-ring (bicyclic) bond motifs is 1. The number of aromatic amines is 1. The van der Waals surface area contributed by atoms with Crippen molar-refractivity contribution in [2.75, 3.05) is 12.4 Å². The van der Waals surface area contributed by atoms with Crippen molar-refractivity contribution in [1.82, 2.24) is 14.9 Å². The van der Waals surface area contributed by atoms with Crippen LogP contribution in [-0.2, 0) is 16.1 Å². The molecule has 0 bridgehead atoms. The van der Waals surface area contributed by atoms with Gasteiger partial charge in [0.05, 0.1) is 7.11 Å². The summed E-state index contributed by atoms with van der Waals surface area (Å²) in [5, 5.41) is 4.37. The van der Waals surface area contributed by atoms with Crippen LogP contribution in [0, 0.1) is 18.3 Å². The maximum Gasteiger partial charge on any atom is 0.250 e. The number of nitrogens with one attached hydrogen (secondary N) is 2. The minimum Gasteiger partial charge on any atom is -0.497 e. The first-order valence-corrected chi connectivity index (χ1v) is 15.0. The van der Waals surface area contributed by atoms with Crippen LogP contribution in [0.3, 0.4) is 0 Å². The second-order valence-corrected chi connectivity index (χ2v) is 12.6. The molecule has 0 saturated heterocycles. The molecule has 2 aliphatic rings. The molecule has 7 heteroatoms. The number of aromatic nitrogens is 2. The van der Waals surface area contributed by atoms with Crippen LogP contribution in [0.25, 0.3) is 10.9 Å². The molecule has 2 N–H and O–H groups in total. The number of hydrogen-bond donors (Lipinski definition) is 2. The van der Waals surface area contributed by atoms with E-state index in [1.165, 1.54) is 16.6 Å². The number of carbonyl (C=O) groups excluding carboxylic acids is 2. The Labute approximate surface area is 247 Å². The molecule has 2 saturated carbocycles. The van der Waals surface area contributed by atoms with Gasteiger partial charge < -0.3 is 19.9 Å². The zero-order valence-corrected chi connectivity index (χ0v) is 24.9. The van der Waals surface area contributed by atoms with Crippen molar-refractivity contribution in [1.29, 1.82) is 0 Å². The average Bonchev–Trinajstić information content (AvgIpc) is 3.35. The molecule has 2 aromatic heterocycles. The molecule has 2 fully saturated rings. The Kier molecular flexibility index (Phi) is 7.29. The average molecular weight is 565 g/mol. The van der Waals surface area contributed by atoms with Crippen LogP contribution in [0.1, 0.15) is 68.7 Å². The highest BCUT2D eigenvalue weighted by atomic mass is 16.5. The van der Waals surface area contributed by atoms with Crippen LogP contribution in [0.4, 0.5) is 5.69 Å². The lowest BCUT2D eigenvalue weighted by molar-refractivity contribution is -0.146. The standard InChI is InChI=1S/C35H40N4O3/c1-23-31(27-11-5-6-12-29(27)37-23)32-28(34(32,2)3)20-30(40)39(22-24-10-9-19-36-21-24)35(17-7-8-18-35)33(41)38-25-13-15-26(42-4)16-14-25/h5-6,9-16,19,21,28,32,37H,7-8,17-18,20,22H2,1-4H3,(H,38,41)/t28-,32-/m0/s1. The van der Waals surface area contributed by atoms with E-state index >= 15 is 0 Å². The van der Waals surface area contributed by atoms with Gasteiger partial charge in [-0.2, -0.15) is 0 Å². The third kappa shape index (κ3) is 4.95. The number of methoxy groups -OCH3 is 1. The summed E-state index contributed by atoms with van der Waals surface area (Å²) in [6.45, 7) is 7.02. The summed E-state index contributed by atoms with van der Waals surface area (Å²) in [4.78, 5) is 38.4. The van der Waals surface area contributed by atoms with Crippen LogP contribution in [-0.4, -0.2) is 39.3 Å². The van der Waals surface area contributed by atoms with Crippen LogP contribution in [0.15, 0.2) is 73.1 Å². The summed E-state index contributed by atoms with van der Waals surface area (Å²) < 4.78 is 5.28. The molecule has 218 valence electrons. The number of para-hydroxylation sites is 1. The Balaban J connectivity index is 1.31. The first kappa shape index (κ1) is 28.0. The van der Waals surface area contributed by atoms with Crippen LogP contribution in [0.5, 0.6) is 5.75 Å². The van der Waals surface area contributed by atoms with Gasteiger partial charge in [-0.25, -0.2) is 0 Å². The highest BCUT2D eigenvalue weighted by molar-refractivity contribution is 6.01. The van der Waals surface area contributed by atoms with E-state index in [4.69, 9.17) is 4.74 Å². The Bertz CT molecular complexity index is 1590. The maximum atomic E-state index is 14.5. The van der Waals surface area contributed by atoms with Gasteiger partial charge in [-0.1, -0.05) is 51.0 Å². The minimum atomic E-state index is -0.919. The van der Waals surface area contributed by atoms with Crippen LogP contribution < -0.4 is 10.1 Å². The summed E-state index contributed by atoms with van der Waals surface area (Å²) >= 11 is 0. The monoisotopic (exact) mass is 564 g/mol. The van der Waals surface area contributed by atoms with Crippen LogP contribution in [0.2, 0.25) is 0 Å². The van der Waals surface area contributed by atoms with Crippen molar-refractivity contribution in [2.24, 2.45) is 11.3 Å². The maximum absolute atomic E-state index is 14.5. The summed E-state index contributed by atoms with van der Waals surface area (Å²) in [7, 11) is 1.62. The molecule has 0 radical (unpaired) electrons. The predicted octanol–water partition coefficient (Wildman–Crippen LogP) is 6.99. The SMILES string of the molecule is COc1ccc(NC(=O)C2(N(Cc3cccnc3)C(=O)C[C@H]3[C@@H](c4c(C)[nH]c5ccccc45)C3(C)C)CCCC2)cc1. The zero-order chi connectivity index (χ0) is 29.5. The predicted molar refractivity (Wildman–Crippen MR) is 165 cm³/mol. The van der Waals surface area contributed by atoms with E-state index in [1.54, 1.807) is 19.5 Å². The normalized spacial score (nSPS) is 20.3. The van der Waals surface area contributed by atoms with Crippen molar-refractivity contribution >= 4 is 28.4 Å². The number of carbonyl (C=O) groups is 2. The number of rotatable bonds is 9. The number of nitrogens with zero attached hydrogens (tertiary/aromatic N) is 2. The zero-order valence-electron chi connectivity index (χ0n) is 24.9. The Morgan fingerprint density at radius 1 is 1.05 bits per heavy atom. The third-order valence-corrected chi connectivity index (χ3v) is 9.78. The molecular weight excluding hydrogens is 524 g/mol. The van der Waals surface area contributed by atoms with E-state index < -0.39 is 5.54 Å². The van der Waals surface area contributed by atoms with Crippen molar-refractivity contribution < 1.29 is 14.3 Å². The van der Waals surface area contributed by atoms with Gasteiger partial charge in [0.25, 0.3) is 0 Å². The number of pyridine rings is 1. The molecule has 0 unspecified atom stereocenters. The summed E-state index contributed by atoms with van der Waals surface area (Å²) in [6.07, 6.45) is 7.01. The summed E-state index contributed by atoms with van der Waals surface area (Å²) in [5.74, 6) is 1.09. The number of benzene rings is 2. The second-order valence-electron chi connectivity index (χ2n) is 12.6. The van der Waals surface area contributed by atoms with Crippen molar-refractivity contribution in [2.45, 2.75) is 70.9 Å². The lowest BCUT2D eigenvalue weighted by Gasteiger charge is -2.40. The topological polar surface area (TPSA) is 87.3 Å². The fraction of sp³-hybridized carbons (Fsp3) is 0.400. The Hall–Kier alpha value is -4.13. The molecular formula is C35H40N4O3. The third-order valence-electron chi connectivity index (χ3n) is 9.78. The smallest absolute Gasteiger partial charge is 0.250 e. The van der Waals surface area contributed by atoms with Crippen molar-refractivity contribution in [3.63, 3.8) is 0 Å². The van der Waals surface area contributed by atoms with Gasteiger partial charge in [-0.15, -0.1) is 0 Å². The van der Waals surface area contributed by atoms with Gasteiger partial charge in [0.1, 0.15) is 11.3 Å². The van der Waals surface area contributed by atoms with Gasteiger partial charge in [-0.05, 0) is 84.5 Å². The van der Waals surface area contributed by atoms with E-state index in [1.807, 2.05) is 41.3 Å². The molecule has 2 aliphatic carbocycles. The molecule has 2 heterocycles. The van der Waals surface area contributed by atoms with Crippen LogP contribution >= 0.6 is 0 Å². The van der Waals surface area contributed by atoms with Gasteiger partial charge in [0, 0.05) is 47.6 Å². The first-order valence-electron chi connectivity index (χ1n) is 15.0. The second kappa shape index (κ2) is 10.9. The largest absolute Gasteiger partial charge is 0.497 e. The molecule has 42 heavy (non-hydrogen) atoms. The molecule has 0 spiro atoms. The molecule has 4 aromatic rings.